The number of aromatic nitrogens is 2. The second kappa shape index (κ2) is 6.50. The maximum atomic E-state index is 6.12. The van der Waals surface area contributed by atoms with Crippen molar-refractivity contribution in [3.05, 3.63) is 41.2 Å². The first kappa shape index (κ1) is 14.4. The van der Waals surface area contributed by atoms with E-state index in [4.69, 9.17) is 17.3 Å². The number of hydrogen-bond donors (Lipinski definition) is 2. The predicted octanol–water partition coefficient (Wildman–Crippen LogP) is 3.55. The molecule has 0 radical (unpaired) electrons. The molecule has 1 heterocycles. The Morgan fingerprint density at radius 1 is 1.33 bits per heavy atom. The molecule has 5 heteroatoms. The van der Waals surface area contributed by atoms with Gasteiger partial charge in [0.05, 0.1) is 23.3 Å². The molecule has 0 amide bonds. The van der Waals surface area contributed by atoms with Crippen LogP contribution in [-0.2, 0) is 0 Å². The molecule has 1 aromatic carbocycles. The van der Waals surface area contributed by atoms with E-state index in [9.17, 15) is 0 Å². The van der Waals surface area contributed by atoms with Crippen LogP contribution in [0.3, 0.4) is 0 Å². The lowest BCUT2D eigenvalue weighted by atomic mass is 10.0. The van der Waals surface area contributed by atoms with Gasteiger partial charge < -0.3 is 11.1 Å². The number of nitrogens with zero attached hydrogens (tertiary/aromatic N) is 2. The zero-order valence-electron chi connectivity index (χ0n) is 12.1. The molecule has 2 aromatic rings. The van der Waals surface area contributed by atoms with Crippen LogP contribution in [0.15, 0.2) is 30.5 Å². The molecule has 0 atom stereocenters. The molecule has 1 aliphatic rings. The number of halogens is 1. The molecule has 1 fully saturated rings. The summed E-state index contributed by atoms with van der Waals surface area (Å²) in [5.74, 6) is 0.562. The van der Waals surface area contributed by atoms with Crippen molar-refractivity contribution in [3.8, 4) is 5.69 Å². The topological polar surface area (TPSA) is 55.9 Å². The van der Waals surface area contributed by atoms with Crippen molar-refractivity contribution in [3.63, 3.8) is 0 Å². The average molecular weight is 305 g/mol. The van der Waals surface area contributed by atoms with E-state index in [-0.39, 0.29) is 0 Å². The van der Waals surface area contributed by atoms with E-state index in [0.717, 1.165) is 22.9 Å². The number of benzene rings is 1. The van der Waals surface area contributed by atoms with Crippen LogP contribution in [0, 0.1) is 0 Å². The summed E-state index contributed by atoms with van der Waals surface area (Å²) in [5.41, 5.74) is 9.00. The van der Waals surface area contributed by atoms with Crippen LogP contribution in [0.1, 0.15) is 37.3 Å². The lowest BCUT2D eigenvalue weighted by molar-refractivity contribution is 0.656. The van der Waals surface area contributed by atoms with Crippen LogP contribution >= 0.6 is 11.6 Å². The van der Waals surface area contributed by atoms with Crippen LogP contribution in [0.5, 0.6) is 0 Å². The van der Waals surface area contributed by atoms with Gasteiger partial charge in [0.2, 0.25) is 0 Å². The SMILES string of the molecule is NCCNc1cnn(-c2cccc(Cl)c2)c1C1CCCC1. The molecule has 0 unspecified atom stereocenters. The first-order valence-electron chi connectivity index (χ1n) is 7.57. The van der Waals surface area contributed by atoms with Gasteiger partial charge in [-0.3, -0.25) is 0 Å². The monoisotopic (exact) mass is 304 g/mol. The quantitative estimate of drug-likeness (QED) is 0.888. The van der Waals surface area contributed by atoms with Gasteiger partial charge in [-0.15, -0.1) is 0 Å². The van der Waals surface area contributed by atoms with Crippen LogP contribution in [0.25, 0.3) is 5.69 Å². The Labute approximate surface area is 130 Å². The maximum Gasteiger partial charge on any atom is 0.0767 e. The van der Waals surface area contributed by atoms with Crippen LogP contribution < -0.4 is 11.1 Å². The molecule has 0 spiro atoms. The molecular weight excluding hydrogens is 284 g/mol. The predicted molar refractivity (Wildman–Crippen MR) is 87.3 cm³/mol. The molecule has 0 aliphatic heterocycles. The Balaban J connectivity index is 2.01. The van der Waals surface area contributed by atoms with Crippen LogP contribution in [-0.4, -0.2) is 22.9 Å². The molecule has 3 rings (SSSR count). The summed E-state index contributed by atoms with van der Waals surface area (Å²) in [7, 11) is 0. The normalized spacial score (nSPS) is 15.5. The standard InChI is InChI=1S/C16H21ClN4/c17-13-6-3-7-14(10-13)21-16(12-4-1-2-5-12)15(11-20-21)19-9-8-18/h3,6-7,10-12,19H,1-2,4-5,8-9,18H2. The second-order valence-corrected chi connectivity index (χ2v) is 5.97. The Hall–Kier alpha value is -1.52. The van der Waals surface area contributed by atoms with Crippen LogP contribution in [0.2, 0.25) is 5.02 Å². The van der Waals surface area contributed by atoms with Gasteiger partial charge >= 0.3 is 0 Å². The van der Waals surface area contributed by atoms with Crippen molar-refractivity contribution in [2.75, 3.05) is 18.4 Å². The van der Waals surface area contributed by atoms with E-state index in [0.29, 0.717) is 12.5 Å². The van der Waals surface area contributed by atoms with E-state index in [1.54, 1.807) is 0 Å². The summed E-state index contributed by atoms with van der Waals surface area (Å²) in [6.07, 6.45) is 6.95. The van der Waals surface area contributed by atoms with Gasteiger partial charge in [-0.1, -0.05) is 30.5 Å². The molecule has 0 bridgehead atoms. The summed E-state index contributed by atoms with van der Waals surface area (Å²) in [6.45, 7) is 1.38. The first-order valence-corrected chi connectivity index (χ1v) is 7.95. The maximum absolute atomic E-state index is 6.12. The summed E-state index contributed by atoms with van der Waals surface area (Å²) in [4.78, 5) is 0. The largest absolute Gasteiger partial charge is 0.381 e. The van der Waals surface area contributed by atoms with E-state index < -0.39 is 0 Å². The number of hydrogen-bond acceptors (Lipinski definition) is 3. The van der Waals surface area contributed by atoms with E-state index >= 15 is 0 Å². The van der Waals surface area contributed by atoms with Gasteiger partial charge in [-0.25, -0.2) is 4.68 Å². The summed E-state index contributed by atoms with van der Waals surface area (Å²) in [6, 6.07) is 7.85. The summed E-state index contributed by atoms with van der Waals surface area (Å²) in [5, 5.41) is 8.72. The Morgan fingerprint density at radius 2 is 2.14 bits per heavy atom. The molecular formula is C16H21ClN4. The van der Waals surface area contributed by atoms with Crippen molar-refractivity contribution < 1.29 is 0 Å². The third-order valence-electron chi connectivity index (χ3n) is 4.06. The van der Waals surface area contributed by atoms with E-state index in [1.165, 1.54) is 31.4 Å². The first-order chi connectivity index (χ1) is 10.3. The fourth-order valence-electron chi connectivity index (χ4n) is 3.11. The van der Waals surface area contributed by atoms with Crippen molar-refractivity contribution in [2.45, 2.75) is 31.6 Å². The average Bonchev–Trinajstić information content (AvgIpc) is 3.14. The van der Waals surface area contributed by atoms with E-state index in [1.807, 2.05) is 35.1 Å². The summed E-state index contributed by atoms with van der Waals surface area (Å²) >= 11 is 6.12. The Bertz CT molecular complexity index is 602. The van der Waals surface area contributed by atoms with Gasteiger partial charge in [0.1, 0.15) is 0 Å². The minimum absolute atomic E-state index is 0.562. The highest BCUT2D eigenvalue weighted by atomic mass is 35.5. The number of nitrogens with two attached hydrogens (primary N) is 1. The number of rotatable bonds is 5. The van der Waals surface area contributed by atoms with Crippen molar-refractivity contribution in [2.24, 2.45) is 5.73 Å². The van der Waals surface area contributed by atoms with Crippen molar-refractivity contribution in [1.82, 2.24) is 9.78 Å². The zero-order chi connectivity index (χ0) is 14.7. The third-order valence-corrected chi connectivity index (χ3v) is 4.30. The molecule has 3 N–H and O–H groups in total. The summed E-state index contributed by atoms with van der Waals surface area (Å²) < 4.78 is 2.03. The third kappa shape index (κ3) is 3.06. The molecule has 0 saturated heterocycles. The minimum atomic E-state index is 0.562. The molecule has 112 valence electrons. The zero-order valence-corrected chi connectivity index (χ0v) is 12.8. The Morgan fingerprint density at radius 3 is 2.86 bits per heavy atom. The fraction of sp³-hybridized carbons (Fsp3) is 0.438. The van der Waals surface area contributed by atoms with Crippen LogP contribution in [0.4, 0.5) is 5.69 Å². The minimum Gasteiger partial charge on any atom is -0.381 e. The molecule has 1 saturated carbocycles. The smallest absolute Gasteiger partial charge is 0.0767 e. The lowest BCUT2D eigenvalue weighted by Gasteiger charge is -2.16. The van der Waals surface area contributed by atoms with Gasteiger partial charge in [-0.05, 0) is 31.0 Å². The highest BCUT2D eigenvalue weighted by molar-refractivity contribution is 6.30. The second-order valence-electron chi connectivity index (χ2n) is 5.53. The van der Waals surface area contributed by atoms with Gasteiger partial charge in [0, 0.05) is 24.0 Å². The number of nitrogens with one attached hydrogen (secondary N) is 1. The van der Waals surface area contributed by atoms with Gasteiger partial charge in [0.25, 0.3) is 0 Å². The van der Waals surface area contributed by atoms with Gasteiger partial charge in [0.15, 0.2) is 0 Å². The van der Waals surface area contributed by atoms with Gasteiger partial charge in [-0.2, -0.15) is 5.10 Å². The Kier molecular flexibility index (Phi) is 4.46. The fourth-order valence-corrected chi connectivity index (χ4v) is 3.29. The number of anilines is 1. The lowest BCUT2D eigenvalue weighted by Crippen LogP contribution is -2.15. The molecule has 1 aromatic heterocycles. The molecule has 21 heavy (non-hydrogen) atoms. The highest BCUT2D eigenvalue weighted by Crippen LogP contribution is 2.38. The molecule has 1 aliphatic carbocycles. The van der Waals surface area contributed by atoms with Crippen molar-refractivity contribution in [1.29, 1.82) is 0 Å². The van der Waals surface area contributed by atoms with E-state index in [2.05, 4.69) is 10.4 Å². The highest BCUT2D eigenvalue weighted by Gasteiger charge is 2.25. The molecule has 4 nitrogen and oxygen atoms in total. The van der Waals surface area contributed by atoms with Crippen molar-refractivity contribution >= 4 is 17.3 Å².